The van der Waals surface area contributed by atoms with Crippen molar-refractivity contribution in [3.05, 3.63) is 12.7 Å². The Kier molecular flexibility index (Phi) is 4.69. The Labute approximate surface area is 159 Å². The van der Waals surface area contributed by atoms with E-state index in [4.69, 9.17) is 15.0 Å². The molecular formula is C10H14CaN5O6P. The van der Waals surface area contributed by atoms with Gasteiger partial charge in [0.1, 0.15) is 30.2 Å². The van der Waals surface area contributed by atoms with E-state index in [-0.39, 0.29) is 50.2 Å². The number of aliphatic hydroxyl groups is 1. The molecule has 4 heterocycles. The van der Waals surface area contributed by atoms with E-state index in [1.807, 2.05) is 0 Å². The Balaban J connectivity index is 0.00000156. The zero-order chi connectivity index (χ0) is 15.5. The third-order valence-corrected chi connectivity index (χ3v) is 4.61. The monoisotopic (exact) mass is 371 g/mol. The average Bonchev–Trinajstić information content (AvgIpc) is 3.01. The van der Waals surface area contributed by atoms with Crippen molar-refractivity contribution in [3.63, 3.8) is 0 Å². The van der Waals surface area contributed by atoms with Gasteiger partial charge in [-0.25, -0.2) is 19.5 Å². The van der Waals surface area contributed by atoms with Crippen LogP contribution in [-0.4, -0.2) is 92.2 Å². The van der Waals surface area contributed by atoms with Gasteiger partial charge in [-0.3, -0.25) is 13.6 Å². The molecule has 1 unspecified atom stereocenters. The van der Waals surface area contributed by atoms with Gasteiger partial charge in [0.05, 0.1) is 12.9 Å². The molecule has 2 aliphatic heterocycles. The van der Waals surface area contributed by atoms with E-state index in [0.29, 0.717) is 11.2 Å². The number of nitrogen functional groups attached to an aromatic ring is 1. The van der Waals surface area contributed by atoms with Gasteiger partial charge in [-0.2, -0.15) is 0 Å². The molecule has 0 amide bonds. The van der Waals surface area contributed by atoms with E-state index in [1.165, 1.54) is 17.2 Å². The van der Waals surface area contributed by atoms with Crippen LogP contribution < -0.4 is 5.73 Å². The molecule has 13 heteroatoms. The molecule has 11 nitrogen and oxygen atoms in total. The van der Waals surface area contributed by atoms with Crippen LogP contribution in [-0.2, 0) is 18.3 Å². The summed E-state index contributed by atoms with van der Waals surface area (Å²) in [6.07, 6.45) is -1.07. The van der Waals surface area contributed by atoms with Crippen LogP contribution in [0.4, 0.5) is 5.82 Å². The van der Waals surface area contributed by atoms with Crippen LogP contribution in [0.25, 0.3) is 11.2 Å². The van der Waals surface area contributed by atoms with Crippen molar-refractivity contribution in [2.45, 2.75) is 24.5 Å². The van der Waals surface area contributed by atoms with Gasteiger partial charge in [-0.05, 0) is 0 Å². The molecule has 2 saturated heterocycles. The summed E-state index contributed by atoms with van der Waals surface area (Å²) in [5.41, 5.74) is 6.46. The number of hydrogen-bond donors (Lipinski definition) is 3. The molecule has 0 saturated carbocycles. The van der Waals surface area contributed by atoms with Gasteiger partial charge >= 0.3 is 45.6 Å². The quantitative estimate of drug-likeness (QED) is 0.389. The van der Waals surface area contributed by atoms with E-state index >= 15 is 0 Å². The van der Waals surface area contributed by atoms with Crippen LogP contribution >= 0.6 is 7.82 Å². The van der Waals surface area contributed by atoms with E-state index in [1.54, 1.807) is 0 Å². The fourth-order valence-corrected chi connectivity index (χ4v) is 3.59. The standard InChI is InChI=1S/C10H12N5O6P.Ca.2H/c11-8-5-9(13-2-12-8)15(3-14-5)10-6(16)7-4(20-10)1-19-22(17,18)21-7;;;/h2-4,6-7,10,16H,1H2,(H,17,18)(H2,11,12,13);;;/t4-,6-,7-,10-;;;/m1.../s1. The number of imidazole rings is 1. The number of phosphoric acid groups is 1. The number of aliphatic hydroxyl groups excluding tert-OH is 1. The second kappa shape index (κ2) is 6.17. The first-order valence-corrected chi connectivity index (χ1v) is 7.88. The van der Waals surface area contributed by atoms with Crippen molar-refractivity contribution >= 4 is 62.5 Å². The van der Waals surface area contributed by atoms with Crippen molar-refractivity contribution in [3.8, 4) is 0 Å². The number of aromatic nitrogens is 4. The molecule has 2 aliphatic rings. The zero-order valence-corrected chi connectivity index (χ0v) is 11.9. The van der Waals surface area contributed by atoms with Crippen molar-refractivity contribution in [1.29, 1.82) is 0 Å². The van der Waals surface area contributed by atoms with Crippen LogP contribution in [0.3, 0.4) is 0 Å². The fraction of sp³-hybridized carbons (Fsp3) is 0.500. The fourth-order valence-electron chi connectivity index (χ4n) is 2.62. The first-order valence-electron chi connectivity index (χ1n) is 6.38. The van der Waals surface area contributed by atoms with Crippen molar-refractivity contribution < 1.29 is 28.3 Å². The third-order valence-electron chi connectivity index (χ3n) is 3.63. The topological polar surface area (TPSA) is 155 Å². The van der Waals surface area contributed by atoms with Gasteiger partial charge < -0.3 is 20.5 Å². The number of anilines is 1. The van der Waals surface area contributed by atoms with Gasteiger partial charge in [0, 0.05) is 0 Å². The molecule has 0 bridgehead atoms. The summed E-state index contributed by atoms with van der Waals surface area (Å²) in [4.78, 5) is 21.3. The van der Waals surface area contributed by atoms with Gasteiger partial charge in [-0.15, -0.1) is 0 Å². The van der Waals surface area contributed by atoms with E-state index in [9.17, 15) is 14.6 Å². The summed E-state index contributed by atoms with van der Waals surface area (Å²) in [5.74, 6) is 0.202. The minimum absolute atomic E-state index is 0. The normalized spacial score (nSPS) is 36.6. The molecule has 2 fully saturated rings. The molecule has 0 aliphatic carbocycles. The molecule has 0 spiro atoms. The Hall–Kier alpha value is -0.360. The number of fused-ring (bicyclic) bond motifs is 2. The van der Waals surface area contributed by atoms with Gasteiger partial charge in [0.15, 0.2) is 17.7 Å². The number of phosphoric ester groups is 1. The van der Waals surface area contributed by atoms with E-state index < -0.39 is 32.4 Å². The van der Waals surface area contributed by atoms with Gasteiger partial charge in [-0.1, -0.05) is 0 Å². The average molecular weight is 371 g/mol. The van der Waals surface area contributed by atoms with Crippen molar-refractivity contribution in [1.82, 2.24) is 19.5 Å². The Morgan fingerprint density at radius 2 is 2.17 bits per heavy atom. The predicted molar refractivity (Wildman–Crippen MR) is 78.8 cm³/mol. The Morgan fingerprint density at radius 3 is 2.96 bits per heavy atom. The third kappa shape index (κ3) is 2.90. The first kappa shape index (κ1) is 17.5. The maximum atomic E-state index is 11.5. The van der Waals surface area contributed by atoms with Crippen LogP contribution in [0.5, 0.6) is 0 Å². The van der Waals surface area contributed by atoms with Crippen LogP contribution in [0.2, 0.25) is 0 Å². The molecule has 122 valence electrons. The molecule has 2 aromatic rings. The first-order chi connectivity index (χ1) is 10.5. The number of ether oxygens (including phenoxy) is 1. The van der Waals surface area contributed by atoms with Crippen LogP contribution in [0, 0.1) is 0 Å². The second-order valence-electron chi connectivity index (χ2n) is 4.97. The Morgan fingerprint density at radius 1 is 1.39 bits per heavy atom. The number of rotatable bonds is 1. The Bertz CT molecular complexity index is 788. The molecule has 23 heavy (non-hydrogen) atoms. The molecule has 2 aromatic heterocycles. The van der Waals surface area contributed by atoms with E-state index in [2.05, 4.69) is 19.5 Å². The van der Waals surface area contributed by atoms with Crippen molar-refractivity contribution in [2.24, 2.45) is 0 Å². The summed E-state index contributed by atoms with van der Waals surface area (Å²) in [6.45, 7) is -0.157. The predicted octanol–water partition coefficient (Wildman–Crippen LogP) is -1.73. The summed E-state index contributed by atoms with van der Waals surface area (Å²) < 4.78 is 28.2. The molecule has 5 atom stereocenters. The van der Waals surface area contributed by atoms with Crippen molar-refractivity contribution in [2.75, 3.05) is 12.3 Å². The van der Waals surface area contributed by atoms with E-state index in [0.717, 1.165) is 0 Å². The summed E-state index contributed by atoms with van der Waals surface area (Å²) in [5, 5.41) is 10.4. The molecular weight excluding hydrogens is 357 g/mol. The number of nitrogens with zero attached hydrogens (tertiary/aromatic N) is 4. The SMILES string of the molecule is Nc1ncnc2c1ncn2[C@@H]1O[C@@H]2COP(=O)(O)O[C@H]2[C@H]1O.[CaH2]. The summed E-state index contributed by atoms with van der Waals surface area (Å²) in [7, 11) is -4.16. The molecule has 4 N–H and O–H groups in total. The molecule has 4 rings (SSSR count). The van der Waals surface area contributed by atoms with Crippen LogP contribution in [0.15, 0.2) is 12.7 Å². The molecule has 0 radical (unpaired) electrons. The number of hydrogen-bond acceptors (Lipinski definition) is 9. The summed E-state index contributed by atoms with van der Waals surface area (Å²) >= 11 is 0. The van der Waals surface area contributed by atoms with Crippen LogP contribution in [0.1, 0.15) is 6.23 Å². The maximum absolute atomic E-state index is 11.5. The minimum atomic E-state index is -4.16. The number of nitrogens with two attached hydrogens (primary N) is 1. The zero-order valence-electron chi connectivity index (χ0n) is 11.0. The second-order valence-corrected chi connectivity index (χ2v) is 6.38. The molecule has 0 aromatic carbocycles. The van der Waals surface area contributed by atoms with Gasteiger partial charge in [0.2, 0.25) is 0 Å². The summed E-state index contributed by atoms with van der Waals surface area (Å²) in [6, 6.07) is 0. The van der Waals surface area contributed by atoms with Gasteiger partial charge in [0.25, 0.3) is 0 Å².